The Morgan fingerprint density at radius 1 is 1.33 bits per heavy atom. The minimum Gasteiger partial charge on any atom is -0.451 e. The van der Waals surface area contributed by atoms with Crippen LogP contribution in [-0.4, -0.2) is 29.5 Å². The molecule has 1 heterocycles. The SMILES string of the molecule is Cc1nc(-c2ccccc2)c(C(=O)OCC(=O)N[C@@H](C)C2CC2)s1. The van der Waals surface area contributed by atoms with Gasteiger partial charge in [0.05, 0.1) is 10.7 Å². The second-order valence-electron chi connectivity index (χ2n) is 6.05. The lowest BCUT2D eigenvalue weighted by atomic mass is 10.1. The molecule has 1 aliphatic carbocycles. The first kappa shape index (κ1) is 16.6. The molecular formula is C18H20N2O3S. The number of aryl methyl sites for hydroxylation is 1. The molecule has 0 bridgehead atoms. The summed E-state index contributed by atoms with van der Waals surface area (Å²) in [6, 6.07) is 9.63. The summed E-state index contributed by atoms with van der Waals surface area (Å²) in [4.78, 5) is 29.1. The minimum absolute atomic E-state index is 0.140. The molecule has 1 aliphatic rings. The van der Waals surface area contributed by atoms with Crippen LogP contribution >= 0.6 is 11.3 Å². The third-order valence-corrected chi connectivity index (χ3v) is 4.97. The van der Waals surface area contributed by atoms with E-state index >= 15 is 0 Å². The number of ether oxygens (including phenoxy) is 1. The van der Waals surface area contributed by atoms with Crippen LogP contribution in [0.4, 0.5) is 0 Å². The van der Waals surface area contributed by atoms with Crippen molar-refractivity contribution in [2.24, 2.45) is 5.92 Å². The van der Waals surface area contributed by atoms with Gasteiger partial charge in [-0.15, -0.1) is 11.3 Å². The summed E-state index contributed by atoms with van der Waals surface area (Å²) in [5.74, 6) is -0.197. The van der Waals surface area contributed by atoms with E-state index in [2.05, 4.69) is 10.3 Å². The second-order valence-corrected chi connectivity index (χ2v) is 7.25. The fraction of sp³-hybridized carbons (Fsp3) is 0.389. The molecule has 126 valence electrons. The topological polar surface area (TPSA) is 68.3 Å². The Bertz CT molecular complexity index is 738. The third kappa shape index (κ3) is 4.00. The second kappa shape index (κ2) is 7.13. The molecule has 1 N–H and O–H groups in total. The maximum Gasteiger partial charge on any atom is 0.351 e. The van der Waals surface area contributed by atoms with Crippen LogP contribution in [0.3, 0.4) is 0 Å². The first-order valence-electron chi connectivity index (χ1n) is 8.04. The lowest BCUT2D eigenvalue weighted by molar-refractivity contribution is -0.124. The zero-order valence-corrected chi connectivity index (χ0v) is 14.6. The largest absolute Gasteiger partial charge is 0.451 e. The van der Waals surface area contributed by atoms with E-state index in [0.717, 1.165) is 23.4 Å². The van der Waals surface area contributed by atoms with E-state index in [-0.39, 0.29) is 18.6 Å². The molecule has 0 radical (unpaired) electrons. The quantitative estimate of drug-likeness (QED) is 0.817. The highest BCUT2D eigenvalue weighted by Crippen LogP contribution is 2.32. The first-order valence-corrected chi connectivity index (χ1v) is 8.85. The molecular weight excluding hydrogens is 324 g/mol. The van der Waals surface area contributed by atoms with Gasteiger partial charge in [0, 0.05) is 11.6 Å². The Kier molecular flexibility index (Phi) is 4.94. The normalized spacial score (nSPS) is 14.9. The van der Waals surface area contributed by atoms with Crippen LogP contribution in [0.5, 0.6) is 0 Å². The van der Waals surface area contributed by atoms with Gasteiger partial charge in [0.15, 0.2) is 6.61 Å². The maximum absolute atomic E-state index is 12.4. The predicted molar refractivity (Wildman–Crippen MR) is 92.9 cm³/mol. The van der Waals surface area contributed by atoms with Crippen LogP contribution in [0.15, 0.2) is 30.3 Å². The smallest absolute Gasteiger partial charge is 0.351 e. The number of esters is 1. The number of amides is 1. The monoisotopic (exact) mass is 344 g/mol. The fourth-order valence-corrected chi connectivity index (χ4v) is 3.40. The number of carbonyl (C=O) groups is 2. The predicted octanol–water partition coefficient (Wildman–Crippen LogP) is 3.19. The van der Waals surface area contributed by atoms with Crippen molar-refractivity contribution in [1.82, 2.24) is 10.3 Å². The number of thiazole rings is 1. The van der Waals surface area contributed by atoms with Gasteiger partial charge in [0.25, 0.3) is 5.91 Å². The van der Waals surface area contributed by atoms with Crippen LogP contribution < -0.4 is 5.32 Å². The fourth-order valence-electron chi connectivity index (χ4n) is 2.56. The summed E-state index contributed by atoms with van der Waals surface area (Å²) < 4.78 is 5.19. The zero-order chi connectivity index (χ0) is 17.1. The van der Waals surface area contributed by atoms with Crippen LogP contribution in [0, 0.1) is 12.8 Å². The van der Waals surface area contributed by atoms with E-state index in [9.17, 15) is 9.59 Å². The van der Waals surface area contributed by atoms with Gasteiger partial charge >= 0.3 is 5.97 Å². The molecule has 0 unspecified atom stereocenters. The summed E-state index contributed by atoms with van der Waals surface area (Å²) in [6.07, 6.45) is 2.31. The summed E-state index contributed by atoms with van der Waals surface area (Å²) >= 11 is 1.28. The van der Waals surface area contributed by atoms with Gasteiger partial charge in [0.1, 0.15) is 4.88 Å². The highest BCUT2D eigenvalue weighted by Gasteiger charge is 2.29. The molecule has 1 amide bonds. The van der Waals surface area contributed by atoms with Gasteiger partial charge in [-0.25, -0.2) is 9.78 Å². The molecule has 1 saturated carbocycles. The average molecular weight is 344 g/mol. The lowest BCUT2D eigenvalue weighted by Gasteiger charge is -2.12. The van der Waals surface area contributed by atoms with E-state index in [4.69, 9.17) is 4.74 Å². The van der Waals surface area contributed by atoms with Crippen molar-refractivity contribution in [2.75, 3.05) is 6.61 Å². The van der Waals surface area contributed by atoms with Gasteiger partial charge in [-0.2, -0.15) is 0 Å². The Hall–Kier alpha value is -2.21. The highest BCUT2D eigenvalue weighted by atomic mass is 32.1. The van der Waals surface area contributed by atoms with E-state index < -0.39 is 5.97 Å². The maximum atomic E-state index is 12.4. The molecule has 1 aromatic carbocycles. The Balaban J connectivity index is 1.64. The molecule has 2 aromatic rings. The molecule has 24 heavy (non-hydrogen) atoms. The molecule has 1 fully saturated rings. The molecule has 1 atom stereocenters. The Morgan fingerprint density at radius 3 is 2.71 bits per heavy atom. The van der Waals surface area contributed by atoms with Gasteiger partial charge in [-0.3, -0.25) is 4.79 Å². The number of nitrogens with one attached hydrogen (secondary N) is 1. The minimum atomic E-state index is -0.506. The standard InChI is InChI=1S/C18H20N2O3S/c1-11(13-8-9-13)19-15(21)10-23-18(22)17-16(20-12(2)24-17)14-6-4-3-5-7-14/h3-7,11,13H,8-10H2,1-2H3,(H,19,21)/t11-/m0/s1. The first-order chi connectivity index (χ1) is 11.5. The van der Waals surface area contributed by atoms with Crippen molar-refractivity contribution in [3.05, 3.63) is 40.2 Å². The molecule has 3 rings (SSSR count). The van der Waals surface area contributed by atoms with Crippen molar-refractivity contribution < 1.29 is 14.3 Å². The molecule has 5 nitrogen and oxygen atoms in total. The van der Waals surface area contributed by atoms with Crippen molar-refractivity contribution in [2.45, 2.75) is 32.7 Å². The summed E-state index contributed by atoms with van der Waals surface area (Å²) in [7, 11) is 0. The van der Waals surface area contributed by atoms with Crippen LogP contribution in [0.1, 0.15) is 34.4 Å². The van der Waals surface area contributed by atoms with Crippen molar-refractivity contribution in [1.29, 1.82) is 0 Å². The van der Waals surface area contributed by atoms with E-state index in [1.165, 1.54) is 11.3 Å². The van der Waals surface area contributed by atoms with E-state index in [1.54, 1.807) is 0 Å². The van der Waals surface area contributed by atoms with Gasteiger partial charge in [-0.1, -0.05) is 30.3 Å². The number of aromatic nitrogens is 1. The molecule has 6 heteroatoms. The van der Waals surface area contributed by atoms with Crippen molar-refractivity contribution in [3.63, 3.8) is 0 Å². The van der Waals surface area contributed by atoms with Crippen molar-refractivity contribution in [3.8, 4) is 11.3 Å². The summed E-state index contributed by atoms with van der Waals surface area (Å²) in [5.41, 5.74) is 1.47. The Morgan fingerprint density at radius 2 is 2.04 bits per heavy atom. The molecule has 0 saturated heterocycles. The third-order valence-electron chi connectivity index (χ3n) is 4.02. The summed E-state index contributed by atoms with van der Waals surface area (Å²) in [6.45, 7) is 3.57. The van der Waals surface area contributed by atoms with Crippen molar-refractivity contribution >= 4 is 23.2 Å². The van der Waals surface area contributed by atoms with Crippen LogP contribution in [-0.2, 0) is 9.53 Å². The number of hydrogen-bond donors (Lipinski definition) is 1. The lowest BCUT2D eigenvalue weighted by Crippen LogP contribution is -2.37. The number of nitrogens with zero attached hydrogens (tertiary/aromatic N) is 1. The van der Waals surface area contributed by atoms with Crippen LogP contribution in [0.25, 0.3) is 11.3 Å². The van der Waals surface area contributed by atoms with E-state index in [1.807, 2.05) is 44.2 Å². The van der Waals surface area contributed by atoms with Gasteiger partial charge < -0.3 is 10.1 Å². The van der Waals surface area contributed by atoms with Gasteiger partial charge in [-0.05, 0) is 32.6 Å². The number of hydrogen-bond acceptors (Lipinski definition) is 5. The Labute approximate surface area is 145 Å². The average Bonchev–Trinajstić information content (AvgIpc) is 3.35. The number of carbonyl (C=O) groups excluding carboxylic acids is 2. The van der Waals surface area contributed by atoms with E-state index in [0.29, 0.717) is 16.5 Å². The number of benzene rings is 1. The zero-order valence-electron chi connectivity index (χ0n) is 13.7. The molecule has 0 aliphatic heterocycles. The highest BCUT2D eigenvalue weighted by molar-refractivity contribution is 7.14. The molecule has 0 spiro atoms. The van der Waals surface area contributed by atoms with Gasteiger partial charge in [0.2, 0.25) is 0 Å². The summed E-state index contributed by atoms with van der Waals surface area (Å²) in [5, 5.41) is 3.66. The molecule has 1 aromatic heterocycles. The number of rotatable bonds is 6. The van der Waals surface area contributed by atoms with Crippen LogP contribution in [0.2, 0.25) is 0 Å².